The number of methoxy groups -OCH3 is 1. The van der Waals surface area contributed by atoms with Crippen molar-refractivity contribution in [1.82, 2.24) is 10.7 Å². The molecule has 0 radical (unpaired) electrons. The lowest BCUT2D eigenvalue weighted by Crippen LogP contribution is -2.35. The molecule has 156 valence electrons. The summed E-state index contributed by atoms with van der Waals surface area (Å²) >= 11 is 1.63. The molecule has 0 atom stereocenters. The third-order valence-corrected chi connectivity index (χ3v) is 5.42. The molecule has 1 aromatic heterocycles. The molecule has 3 aromatic rings. The number of thiophene rings is 1. The van der Waals surface area contributed by atoms with E-state index in [1.807, 2.05) is 43.5 Å². The van der Waals surface area contributed by atoms with Gasteiger partial charge < -0.3 is 15.4 Å². The molecule has 7 nitrogen and oxygen atoms in total. The number of rotatable bonds is 8. The zero-order chi connectivity index (χ0) is 21.5. The minimum atomic E-state index is -0.404. The number of hydrazone groups is 1. The molecule has 0 aliphatic heterocycles. The van der Waals surface area contributed by atoms with Crippen molar-refractivity contribution >= 4 is 44.6 Å². The van der Waals surface area contributed by atoms with E-state index >= 15 is 0 Å². The number of amides is 2. The molecule has 3 N–H and O–H groups in total. The van der Waals surface area contributed by atoms with Crippen LogP contribution in [0.2, 0.25) is 0 Å². The first-order valence-corrected chi connectivity index (χ1v) is 10.4. The Kier molecular flexibility index (Phi) is 7.03. The largest absolute Gasteiger partial charge is 0.495 e. The average Bonchev–Trinajstić information content (AvgIpc) is 3.20. The molecule has 0 aliphatic carbocycles. The van der Waals surface area contributed by atoms with Crippen molar-refractivity contribution < 1.29 is 14.3 Å². The van der Waals surface area contributed by atoms with Crippen molar-refractivity contribution in [2.45, 2.75) is 13.8 Å². The molecule has 0 bridgehead atoms. The van der Waals surface area contributed by atoms with Crippen LogP contribution in [0, 0.1) is 0 Å². The van der Waals surface area contributed by atoms with Crippen LogP contribution in [-0.2, 0) is 4.79 Å². The Morgan fingerprint density at radius 2 is 1.97 bits per heavy atom. The zero-order valence-electron chi connectivity index (χ0n) is 17.1. The quantitative estimate of drug-likeness (QED) is 0.380. The van der Waals surface area contributed by atoms with Gasteiger partial charge in [0.1, 0.15) is 5.75 Å². The number of hydrogen-bond acceptors (Lipinski definition) is 6. The standard InChI is InChI=1S/C22H24N4O3S/c1-4-23-18-10-9-15(11-19(18)29-3)22(28)24-12-21(27)26-25-14(2)17-13-30-20-8-6-5-7-16(17)20/h5-11,13,23H,4,12H2,1-3H3,(H,24,28)(H,26,27). The highest BCUT2D eigenvalue weighted by Gasteiger charge is 2.12. The minimum Gasteiger partial charge on any atom is -0.495 e. The van der Waals surface area contributed by atoms with E-state index in [0.29, 0.717) is 17.0 Å². The normalized spacial score (nSPS) is 11.2. The molecule has 0 saturated carbocycles. The van der Waals surface area contributed by atoms with Gasteiger partial charge in [-0.25, -0.2) is 5.43 Å². The van der Waals surface area contributed by atoms with E-state index in [9.17, 15) is 9.59 Å². The Morgan fingerprint density at radius 1 is 1.17 bits per heavy atom. The van der Waals surface area contributed by atoms with E-state index in [1.165, 1.54) is 0 Å². The summed E-state index contributed by atoms with van der Waals surface area (Å²) in [4.78, 5) is 24.5. The van der Waals surface area contributed by atoms with Crippen molar-refractivity contribution in [1.29, 1.82) is 0 Å². The van der Waals surface area contributed by atoms with Gasteiger partial charge in [-0.3, -0.25) is 9.59 Å². The molecule has 2 aromatic carbocycles. The van der Waals surface area contributed by atoms with Gasteiger partial charge in [0.15, 0.2) is 0 Å². The lowest BCUT2D eigenvalue weighted by atomic mass is 10.1. The van der Waals surface area contributed by atoms with Crippen LogP contribution >= 0.6 is 11.3 Å². The van der Waals surface area contributed by atoms with E-state index in [2.05, 4.69) is 21.2 Å². The highest BCUT2D eigenvalue weighted by Crippen LogP contribution is 2.26. The number of carbonyl (C=O) groups excluding carboxylic acids is 2. The molecule has 0 aliphatic rings. The summed E-state index contributed by atoms with van der Waals surface area (Å²) in [5.74, 6) is -0.202. The third-order valence-electron chi connectivity index (χ3n) is 4.46. The Bertz CT molecular complexity index is 1090. The summed E-state index contributed by atoms with van der Waals surface area (Å²) in [6.45, 7) is 4.37. The van der Waals surface area contributed by atoms with E-state index in [1.54, 1.807) is 36.6 Å². The molecule has 30 heavy (non-hydrogen) atoms. The van der Waals surface area contributed by atoms with Gasteiger partial charge in [-0.15, -0.1) is 11.3 Å². The van der Waals surface area contributed by atoms with Crippen molar-refractivity contribution in [2.24, 2.45) is 5.10 Å². The van der Waals surface area contributed by atoms with Gasteiger partial charge in [0.05, 0.1) is 25.1 Å². The highest BCUT2D eigenvalue weighted by molar-refractivity contribution is 7.17. The van der Waals surface area contributed by atoms with Crippen LogP contribution in [0.5, 0.6) is 5.75 Å². The Balaban J connectivity index is 1.57. The SMILES string of the molecule is CCNc1ccc(C(=O)NCC(=O)NN=C(C)c2csc3ccccc23)cc1OC. The number of fused-ring (bicyclic) bond motifs is 1. The van der Waals surface area contributed by atoms with Gasteiger partial charge >= 0.3 is 0 Å². The van der Waals surface area contributed by atoms with E-state index in [4.69, 9.17) is 4.74 Å². The summed E-state index contributed by atoms with van der Waals surface area (Å²) in [7, 11) is 1.54. The Labute approximate surface area is 179 Å². The molecule has 0 saturated heterocycles. The number of benzene rings is 2. The number of carbonyl (C=O) groups is 2. The maximum atomic E-state index is 12.4. The monoisotopic (exact) mass is 424 g/mol. The molecule has 8 heteroatoms. The average molecular weight is 425 g/mol. The first kappa shape index (κ1) is 21.3. The number of nitrogens with zero attached hydrogens (tertiary/aromatic N) is 1. The fraction of sp³-hybridized carbons (Fsp3) is 0.227. The molecular weight excluding hydrogens is 400 g/mol. The summed E-state index contributed by atoms with van der Waals surface area (Å²) < 4.78 is 6.47. The topological polar surface area (TPSA) is 91.8 Å². The highest BCUT2D eigenvalue weighted by atomic mass is 32.1. The molecule has 0 unspecified atom stereocenters. The van der Waals surface area contributed by atoms with Gasteiger partial charge in [0.2, 0.25) is 0 Å². The second kappa shape index (κ2) is 9.89. The van der Waals surface area contributed by atoms with Crippen LogP contribution in [0.3, 0.4) is 0 Å². The third kappa shape index (κ3) is 4.96. The lowest BCUT2D eigenvalue weighted by molar-refractivity contribution is -0.120. The first-order chi connectivity index (χ1) is 14.5. The maximum Gasteiger partial charge on any atom is 0.259 e. The predicted molar refractivity (Wildman–Crippen MR) is 122 cm³/mol. The van der Waals surface area contributed by atoms with Gasteiger partial charge in [-0.2, -0.15) is 5.10 Å². The van der Waals surface area contributed by atoms with Crippen molar-refractivity contribution in [3.05, 3.63) is 59.0 Å². The smallest absolute Gasteiger partial charge is 0.259 e. The van der Waals surface area contributed by atoms with Gasteiger partial charge in [-0.1, -0.05) is 18.2 Å². The van der Waals surface area contributed by atoms with E-state index in [0.717, 1.165) is 27.9 Å². The number of nitrogens with one attached hydrogen (secondary N) is 3. The molecule has 1 heterocycles. The van der Waals surface area contributed by atoms with Gasteiger partial charge in [0.25, 0.3) is 11.8 Å². The number of anilines is 1. The predicted octanol–water partition coefficient (Wildman–Crippen LogP) is 3.61. The Morgan fingerprint density at radius 3 is 2.73 bits per heavy atom. The van der Waals surface area contributed by atoms with Crippen molar-refractivity contribution in [3.8, 4) is 5.75 Å². The fourth-order valence-corrected chi connectivity index (χ4v) is 3.94. The second-order valence-corrected chi connectivity index (χ2v) is 7.42. The van der Waals surface area contributed by atoms with E-state index < -0.39 is 5.91 Å². The van der Waals surface area contributed by atoms with Gasteiger partial charge in [-0.05, 0) is 38.1 Å². The molecule has 2 amide bonds. The fourth-order valence-electron chi connectivity index (χ4n) is 2.94. The second-order valence-electron chi connectivity index (χ2n) is 6.51. The van der Waals surface area contributed by atoms with Crippen LogP contribution in [0.1, 0.15) is 29.8 Å². The zero-order valence-corrected chi connectivity index (χ0v) is 17.9. The Hall–Kier alpha value is -3.39. The van der Waals surface area contributed by atoms with Crippen LogP contribution in [0.4, 0.5) is 5.69 Å². The number of hydrogen-bond donors (Lipinski definition) is 3. The summed E-state index contributed by atoms with van der Waals surface area (Å²) in [5, 5.41) is 13.0. The molecule has 0 fully saturated rings. The molecular formula is C22H24N4O3S. The van der Waals surface area contributed by atoms with Crippen molar-refractivity contribution in [3.63, 3.8) is 0 Å². The van der Waals surface area contributed by atoms with Crippen LogP contribution in [0.25, 0.3) is 10.1 Å². The molecule has 3 rings (SSSR count). The van der Waals surface area contributed by atoms with Crippen LogP contribution in [0.15, 0.2) is 52.9 Å². The van der Waals surface area contributed by atoms with Crippen LogP contribution in [-0.4, -0.2) is 37.7 Å². The minimum absolute atomic E-state index is 0.183. The number of ether oxygens (including phenoxy) is 1. The van der Waals surface area contributed by atoms with Gasteiger partial charge in [0, 0.05) is 33.1 Å². The summed E-state index contributed by atoms with van der Waals surface area (Å²) in [6.07, 6.45) is 0. The van der Waals surface area contributed by atoms with Crippen molar-refractivity contribution in [2.75, 3.05) is 25.5 Å². The van der Waals surface area contributed by atoms with E-state index in [-0.39, 0.29) is 12.5 Å². The first-order valence-electron chi connectivity index (χ1n) is 9.53. The molecule has 0 spiro atoms. The summed E-state index contributed by atoms with van der Waals surface area (Å²) in [5.41, 5.74) is 5.39. The van der Waals surface area contributed by atoms with Crippen LogP contribution < -0.4 is 20.8 Å². The summed E-state index contributed by atoms with van der Waals surface area (Å²) in [6, 6.07) is 13.1. The maximum absolute atomic E-state index is 12.4. The lowest BCUT2D eigenvalue weighted by Gasteiger charge is -2.11.